The monoisotopic (exact) mass is 263 g/mol. The summed E-state index contributed by atoms with van der Waals surface area (Å²) in [4.78, 5) is 25.8. The first-order valence-electron chi connectivity index (χ1n) is 5.98. The third-order valence-corrected chi connectivity index (χ3v) is 3.20. The smallest absolute Gasteiger partial charge is 0.345 e. The summed E-state index contributed by atoms with van der Waals surface area (Å²) in [6, 6.07) is 4.84. The van der Waals surface area contributed by atoms with Crippen LogP contribution in [-0.2, 0) is 4.74 Å². The van der Waals surface area contributed by atoms with Crippen LogP contribution in [0.25, 0.3) is 11.0 Å². The molecule has 1 fully saturated rings. The zero-order valence-electron chi connectivity index (χ0n) is 10.1. The molecule has 0 radical (unpaired) electrons. The van der Waals surface area contributed by atoms with Gasteiger partial charge < -0.3 is 19.8 Å². The van der Waals surface area contributed by atoms with Crippen molar-refractivity contribution < 1.29 is 14.6 Å². The number of benzene rings is 1. The maximum absolute atomic E-state index is 12.0. The maximum atomic E-state index is 12.0. The van der Waals surface area contributed by atoms with Crippen LogP contribution < -0.4 is 10.7 Å². The van der Waals surface area contributed by atoms with Gasteiger partial charge in [0.05, 0.1) is 42.9 Å². The van der Waals surface area contributed by atoms with Gasteiger partial charge in [-0.3, -0.25) is 0 Å². The standard InChI is InChI=1S/C12H13N3O4/c16-11(17)8-2-1-3-9-10(8)13-12(18)15(9)14-4-6-19-7-5-14/h1-3H,4-7H2,(H,13,18)(H,16,17). The number of para-hydroxylation sites is 1. The van der Waals surface area contributed by atoms with Gasteiger partial charge in [-0.15, -0.1) is 0 Å². The molecule has 7 heteroatoms. The summed E-state index contributed by atoms with van der Waals surface area (Å²) in [5.74, 6) is -1.05. The van der Waals surface area contributed by atoms with Crippen molar-refractivity contribution in [2.45, 2.75) is 0 Å². The molecule has 0 unspecified atom stereocenters. The number of aromatic nitrogens is 2. The molecule has 0 saturated carbocycles. The Hall–Kier alpha value is -2.28. The van der Waals surface area contributed by atoms with Crippen LogP contribution in [0.1, 0.15) is 10.4 Å². The second-order valence-electron chi connectivity index (χ2n) is 4.31. The number of morpholine rings is 1. The summed E-state index contributed by atoms with van der Waals surface area (Å²) in [6.07, 6.45) is 0. The highest BCUT2D eigenvalue weighted by molar-refractivity contribution is 6.00. The van der Waals surface area contributed by atoms with Gasteiger partial charge >= 0.3 is 11.7 Å². The van der Waals surface area contributed by atoms with E-state index in [2.05, 4.69) is 4.98 Å². The topological polar surface area (TPSA) is 87.6 Å². The van der Waals surface area contributed by atoms with E-state index in [4.69, 9.17) is 9.84 Å². The zero-order chi connectivity index (χ0) is 13.4. The number of hydrogen-bond acceptors (Lipinski definition) is 4. The lowest BCUT2D eigenvalue weighted by atomic mass is 10.2. The predicted molar refractivity (Wildman–Crippen MR) is 68.3 cm³/mol. The van der Waals surface area contributed by atoms with Gasteiger partial charge in [-0.1, -0.05) is 6.07 Å². The first-order chi connectivity index (χ1) is 9.18. The molecule has 1 aromatic carbocycles. The third kappa shape index (κ3) is 1.88. The second-order valence-corrected chi connectivity index (χ2v) is 4.31. The SMILES string of the molecule is O=C(O)c1cccc2c1[nH]c(=O)n2N1CCOCC1. The fourth-order valence-electron chi connectivity index (χ4n) is 2.33. The second kappa shape index (κ2) is 4.43. The van der Waals surface area contributed by atoms with Crippen molar-refractivity contribution in [3.05, 3.63) is 34.2 Å². The van der Waals surface area contributed by atoms with Crippen LogP contribution >= 0.6 is 0 Å². The molecule has 19 heavy (non-hydrogen) atoms. The molecule has 2 aromatic rings. The molecule has 100 valence electrons. The Balaban J connectivity index is 2.20. The molecule has 1 saturated heterocycles. The number of nitrogens with one attached hydrogen (secondary N) is 1. The molecule has 2 heterocycles. The summed E-state index contributed by atoms with van der Waals surface area (Å²) in [5.41, 5.74) is 0.700. The molecule has 0 atom stereocenters. The normalized spacial score (nSPS) is 15.9. The van der Waals surface area contributed by atoms with Crippen molar-refractivity contribution in [2.24, 2.45) is 0 Å². The molecule has 0 amide bonds. The van der Waals surface area contributed by atoms with Gasteiger partial charge in [-0.2, -0.15) is 0 Å². The minimum absolute atomic E-state index is 0.0987. The van der Waals surface area contributed by atoms with E-state index >= 15 is 0 Å². The Labute approximate surface area is 108 Å². The molecule has 2 N–H and O–H groups in total. The van der Waals surface area contributed by atoms with Crippen LogP contribution in [0.15, 0.2) is 23.0 Å². The summed E-state index contributed by atoms with van der Waals surface area (Å²) >= 11 is 0. The molecular weight excluding hydrogens is 250 g/mol. The zero-order valence-corrected chi connectivity index (χ0v) is 10.1. The molecule has 1 aromatic heterocycles. The van der Waals surface area contributed by atoms with Crippen molar-refractivity contribution in [2.75, 3.05) is 31.3 Å². The fraction of sp³-hybridized carbons (Fsp3) is 0.333. The van der Waals surface area contributed by atoms with Gasteiger partial charge in [0.1, 0.15) is 0 Å². The summed E-state index contributed by atoms with van der Waals surface area (Å²) in [7, 11) is 0. The Morgan fingerprint density at radius 1 is 1.32 bits per heavy atom. The van der Waals surface area contributed by atoms with E-state index in [0.717, 1.165) is 0 Å². The van der Waals surface area contributed by atoms with Gasteiger partial charge in [-0.25, -0.2) is 14.3 Å². The van der Waals surface area contributed by atoms with Crippen molar-refractivity contribution in [3.63, 3.8) is 0 Å². The van der Waals surface area contributed by atoms with Crippen LogP contribution in [0.3, 0.4) is 0 Å². The van der Waals surface area contributed by atoms with Crippen molar-refractivity contribution >= 4 is 17.0 Å². The highest BCUT2D eigenvalue weighted by Crippen LogP contribution is 2.16. The fourth-order valence-corrected chi connectivity index (χ4v) is 2.33. The Morgan fingerprint density at radius 3 is 2.74 bits per heavy atom. The van der Waals surface area contributed by atoms with E-state index in [9.17, 15) is 9.59 Å². The van der Waals surface area contributed by atoms with Gasteiger partial charge in [0.2, 0.25) is 0 Å². The van der Waals surface area contributed by atoms with E-state index in [1.165, 1.54) is 10.7 Å². The average molecular weight is 263 g/mol. The van der Waals surface area contributed by atoms with E-state index in [1.54, 1.807) is 12.1 Å². The molecular formula is C12H13N3O4. The lowest BCUT2D eigenvalue weighted by Crippen LogP contribution is -2.48. The van der Waals surface area contributed by atoms with Crippen molar-refractivity contribution in [1.82, 2.24) is 9.66 Å². The number of hydrogen-bond donors (Lipinski definition) is 2. The number of carbonyl (C=O) groups is 1. The first kappa shape index (κ1) is 11.8. The van der Waals surface area contributed by atoms with Crippen LogP contribution in [0.2, 0.25) is 0 Å². The predicted octanol–water partition coefficient (Wildman–Crippen LogP) is -0.00400. The van der Waals surface area contributed by atoms with E-state index in [0.29, 0.717) is 37.3 Å². The largest absolute Gasteiger partial charge is 0.478 e. The molecule has 3 rings (SSSR count). The number of carboxylic acids is 1. The van der Waals surface area contributed by atoms with Gasteiger partial charge in [0, 0.05) is 0 Å². The minimum atomic E-state index is -1.05. The number of carboxylic acid groups (broad SMARTS) is 1. The lowest BCUT2D eigenvalue weighted by molar-refractivity contribution is 0.0699. The van der Waals surface area contributed by atoms with Crippen molar-refractivity contribution in [1.29, 1.82) is 0 Å². The number of H-pyrrole nitrogens is 1. The van der Waals surface area contributed by atoms with Crippen LogP contribution in [0.4, 0.5) is 0 Å². The number of fused-ring (bicyclic) bond motifs is 1. The van der Waals surface area contributed by atoms with E-state index in [-0.39, 0.29) is 11.3 Å². The Bertz CT molecular complexity index is 682. The number of imidazole rings is 1. The van der Waals surface area contributed by atoms with Gasteiger partial charge in [0.15, 0.2) is 0 Å². The average Bonchev–Trinajstić information content (AvgIpc) is 2.75. The molecule has 0 aliphatic carbocycles. The Kier molecular flexibility index (Phi) is 2.75. The third-order valence-electron chi connectivity index (χ3n) is 3.20. The van der Waals surface area contributed by atoms with Crippen molar-refractivity contribution in [3.8, 4) is 0 Å². The van der Waals surface area contributed by atoms with Gasteiger partial charge in [-0.05, 0) is 12.1 Å². The molecule has 1 aliphatic heterocycles. The number of ether oxygens (including phenoxy) is 1. The number of rotatable bonds is 2. The maximum Gasteiger partial charge on any atom is 0.345 e. The summed E-state index contributed by atoms with van der Waals surface area (Å²) in [5, 5.41) is 11.0. The lowest BCUT2D eigenvalue weighted by Gasteiger charge is -2.29. The van der Waals surface area contributed by atoms with Crippen LogP contribution in [0, 0.1) is 0 Å². The summed E-state index contributed by atoms with van der Waals surface area (Å²) in [6.45, 7) is 2.31. The molecule has 0 spiro atoms. The molecule has 0 bridgehead atoms. The number of aromatic amines is 1. The summed E-state index contributed by atoms with van der Waals surface area (Å²) < 4.78 is 6.74. The quantitative estimate of drug-likeness (QED) is 0.796. The van der Waals surface area contributed by atoms with E-state index in [1.807, 2.05) is 5.01 Å². The highest BCUT2D eigenvalue weighted by atomic mass is 16.5. The number of aromatic carboxylic acids is 1. The van der Waals surface area contributed by atoms with Gasteiger partial charge in [0.25, 0.3) is 0 Å². The molecule has 7 nitrogen and oxygen atoms in total. The highest BCUT2D eigenvalue weighted by Gasteiger charge is 2.19. The number of nitrogens with zero attached hydrogens (tertiary/aromatic N) is 2. The van der Waals surface area contributed by atoms with Crippen LogP contribution in [0.5, 0.6) is 0 Å². The minimum Gasteiger partial charge on any atom is -0.478 e. The van der Waals surface area contributed by atoms with E-state index < -0.39 is 5.97 Å². The van der Waals surface area contributed by atoms with Crippen LogP contribution in [-0.4, -0.2) is 47.0 Å². The molecule has 1 aliphatic rings. The Morgan fingerprint density at radius 2 is 2.05 bits per heavy atom. The first-order valence-corrected chi connectivity index (χ1v) is 5.98.